The molecule has 1 amide bonds. The summed E-state index contributed by atoms with van der Waals surface area (Å²) < 4.78 is 22.6. The number of nitrogen functional groups attached to an aromatic ring is 1. The molecule has 5 nitrogen and oxygen atoms in total. The molecule has 0 saturated heterocycles. The molecule has 2 N–H and O–H groups in total. The minimum absolute atomic E-state index is 0.434. The van der Waals surface area contributed by atoms with Crippen LogP contribution in [0.4, 0.5) is 11.4 Å². The predicted octanol–water partition coefficient (Wildman–Crippen LogP) is 0.665. The van der Waals surface area contributed by atoms with E-state index in [1.54, 1.807) is 24.3 Å². The lowest BCUT2D eigenvalue weighted by Crippen LogP contribution is -2.39. The Labute approximate surface area is 101 Å². The van der Waals surface area contributed by atoms with Gasteiger partial charge in [0.2, 0.25) is 5.91 Å². The number of rotatable bonds is 3. The molecule has 0 bridgehead atoms. The largest absolute Gasteiger partial charge is 0.397 e. The Morgan fingerprint density at radius 3 is 2.35 bits per heavy atom. The standard InChI is InChI=1S/C11H16N2O3S/c1-8(17(3,15)16)11(14)13(2)10-7-5-4-6-9(10)12/h4-8H,12H2,1-3H3. The minimum atomic E-state index is -3.40. The third-order valence-electron chi connectivity index (χ3n) is 2.62. The first-order valence-electron chi connectivity index (χ1n) is 5.06. The minimum Gasteiger partial charge on any atom is -0.397 e. The van der Waals surface area contributed by atoms with Gasteiger partial charge in [0, 0.05) is 13.3 Å². The van der Waals surface area contributed by atoms with Gasteiger partial charge in [-0.3, -0.25) is 4.79 Å². The van der Waals surface area contributed by atoms with Gasteiger partial charge in [0.05, 0.1) is 11.4 Å². The van der Waals surface area contributed by atoms with E-state index in [1.165, 1.54) is 18.9 Å². The quantitative estimate of drug-likeness (QED) is 0.806. The number of hydrogen-bond donors (Lipinski definition) is 1. The van der Waals surface area contributed by atoms with Crippen LogP contribution >= 0.6 is 0 Å². The van der Waals surface area contributed by atoms with E-state index in [1.807, 2.05) is 0 Å². The maximum Gasteiger partial charge on any atom is 0.244 e. The summed E-state index contributed by atoms with van der Waals surface area (Å²) in [6.07, 6.45) is 1.04. The smallest absolute Gasteiger partial charge is 0.244 e. The van der Waals surface area contributed by atoms with E-state index < -0.39 is 21.0 Å². The van der Waals surface area contributed by atoms with Crippen molar-refractivity contribution in [3.8, 4) is 0 Å². The normalized spacial score (nSPS) is 13.1. The molecule has 0 aliphatic rings. The van der Waals surface area contributed by atoms with Crippen molar-refractivity contribution in [1.82, 2.24) is 0 Å². The van der Waals surface area contributed by atoms with Crippen molar-refractivity contribution in [2.45, 2.75) is 12.2 Å². The van der Waals surface area contributed by atoms with E-state index >= 15 is 0 Å². The summed E-state index contributed by atoms with van der Waals surface area (Å²) >= 11 is 0. The Bertz CT molecular complexity index is 525. The molecule has 0 saturated carbocycles. The second kappa shape index (κ2) is 4.75. The number of carbonyl (C=O) groups is 1. The fraction of sp³-hybridized carbons (Fsp3) is 0.364. The topological polar surface area (TPSA) is 80.5 Å². The maximum atomic E-state index is 11.9. The Morgan fingerprint density at radius 1 is 1.35 bits per heavy atom. The molecule has 0 aromatic heterocycles. The zero-order valence-electron chi connectivity index (χ0n) is 10.0. The highest BCUT2D eigenvalue weighted by Gasteiger charge is 2.27. The van der Waals surface area contributed by atoms with Gasteiger partial charge in [-0.15, -0.1) is 0 Å². The van der Waals surface area contributed by atoms with Gasteiger partial charge in [0.25, 0.3) is 0 Å². The molecule has 0 radical (unpaired) electrons. The molecule has 6 heteroatoms. The Kier molecular flexibility index (Phi) is 3.77. The molecule has 17 heavy (non-hydrogen) atoms. The predicted molar refractivity (Wildman–Crippen MR) is 68.6 cm³/mol. The van der Waals surface area contributed by atoms with Crippen LogP contribution in [-0.4, -0.2) is 32.9 Å². The van der Waals surface area contributed by atoms with Crippen molar-refractivity contribution in [3.05, 3.63) is 24.3 Å². The van der Waals surface area contributed by atoms with Crippen molar-refractivity contribution >= 4 is 27.1 Å². The SMILES string of the molecule is CC(C(=O)N(C)c1ccccc1N)S(C)(=O)=O. The van der Waals surface area contributed by atoms with Crippen molar-refractivity contribution in [2.75, 3.05) is 23.9 Å². The number of benzene rings is 1. The Morgan fingerprint density at radius 2 is 1.88 bits per heavy atom. The lowest BCUT2D eigenvalue weighted by Gasteiger charge is -2.21. The molecule has 1 rings (SSSR count). The highest BCUT2D eigenvalue weighted by molar-refractivity contribution is 7.92. The Hall–Kier alpha value is -1.56. The zero-order valence-corrected chi connectivity index (χ0v) is 10.9. The van der Waals surface area contributed by atoms with Gasteiger partial charge in [-0.1, -0.05) is 12.1 Å². The molecule has 0 heterocycles. The van der Waals surface area contributed by atoms with Crippen LogP contribution in [0.5, 0.6) is 0 Å². The van der Waals surface area contributed by atoms with E-state index in [2.05, 4.69) is 0 Å². The summed E-state index contributed by atoms with van der Waals surface area (Å²) in [5.41, 5.74) is 6.67. The van der Waals surface area contributed by atoms with Crippen LogP contribution in [0.15, 0.2) is 24.3 Å². The van der Waals surface area contributed by atoms with Crippen LogP contribution in [-0.2, 0) is 14.6 Å². The molecule has 94 valence electrons. The van der Waals surface area contributed by atoms with E-state index in [-0.39, 0.29) is 0 Å². The lowest BCUT2D eigenvalue weighted by molar-refractivity contribution is -0.117. The fourth-order valence-corrected chi connectivity index (χ4v) is 1.89. The van der Waals surface area contributed by atoms with Gasteiger partial charge in [-0.05, 0) is 19.1 Å². The van der Waals surface area contributed by atoms with Crippen molar-refractivity contribution in [1.29, 1.82) is 0 Å². The number of para-hydroxylation sites is 2. The van der Waals surface area contributed by atoms with Gasteiger partial charge in [0.15, 0.2) is 9.84 Å². The second-order valence-electron chi connectivity index (χ2n) is 3.93. The molecule has 0 fully saturated rings. The molecule has 1 aromatic carbocycles. The monoisotopic (exact) mass is 256 g/mol. The summed E-state index contributed by atoms with van der Waals surface area (Å²) in [5.74, 6) is -0.495. The van der Waals surface area contributed by atoms with Crippen LogP contribution in [0, 0.1) is 0 Å². The zero-order chi connectivity index (χ0) is 13.2. The van der Waals surface area contributed by atoms with Crippen LogP contribution in [0.25, 0.3) is 0 Å². The summed E-state index contributed by atoms with van der Waals surface area (Å²) in [5, 5.41) is -1.08. The van der Waals surface area contributed by atoms with Gasteiger partial charge in [0.1, 0.15) is 5.25 Å². The van der Waals surface area contributed by atoms with Gasteiger partial charge >= 0.3 is 0 Å². The van der Waals surface area contributed by atoms with Gasteiger partial charge in [-0.25, -0.2) is 8.42 Å². The third-order valence-corrected chi connectivity index (χ3v) is 4.10. The van der Waals surface area contributed by atoms with Gasteiger partial charge in [-0.2, -0.15) is 0 Å². The molecule has 0 spiro atoms. The van der Waals surface area contributed by atoms with Gasteiger partial charge < -0.3 is 10.6 Å². The highest BCUT2D eigenvalue weighted by atomic mass is 32.2. The molecule has 1 aromatic rings. The van der Waals surface area contributed by atoms with E-state index in [4.69, 9.17) is 5.73 Å². The average molecular weight is 256 g/mol. The van der Waals surface area contributed by atoms with E-state index in [0.29, 0.717) is 11.4 Å². The molecule has 1 unspecified atom stereocenters. The first-order chi connectivity index (χ1) is 7.75. The highest BCUT2D eigenvalue weighted by Crippen LogP contribution is 2.22. The first-order valence-corrected chi connectivity index (χ1v) is 7.01. The van der Waals surface area contributed by atoms with Crippen molar-refractivity contribution < 1.29 is 13.2 Å². The third kappa shape index (κ3) is 2.97. The molecule has 0 aliphatic carbocycles. The number of carbonyl (C=O) groups excluding carboxylic acids is 1. The molecule has 1 atom stereocenters. The van der Waals surface area contributed by atoms with Crippen molar-refractivity contribution in [2.24, 2.45) is 0 Å². The van der Waals surface area contributed by atoms with Crippen molar-refractivity contribution in [3.63, 3.8) is 0 Å². The second-order valence-corrected chi connectivity index (χ2v) is 6.29. The number of sulfone groups is 1. The number of nitrogens with two attached hydrogens (primary N) is 1. The average Bonchev–Trinajstić information content (AvgIpc) is 2.25. The van der Waals surface area contributed by atoms with Crippen LogP contribution in [0.3, 0.4) is 0 Å². The summed E-state index contributed by atoms with van der Waals surface area (Å²) in [7, 11) is -1.89. The number of nitrogens with zero attached hydrogens (tertiary/aromatic N) is 1. The lowest BCUT2D eigenvalue weighted by atomic mass is 10.2. The first kappa shape index (κ1) is 13.5. The van der Waals surface area contributed by atoms with Crippen LogP contribution in [0.1, 0.15) is 6.92 Å². The van der Waals surface area contributed by atoms with Crippen LogP contribution in [0.2, 0.25) is 0 Å². The molecule has 0 aliphatic heterocycles. The number of hydrogen-bond acceptors (Lipinski definition) is 4. The Balaban J connectivity index is 3.03. The summed E-state index contributed by atoms with van der Waals surface area (Å²) in [6.45, 7) is 1.37. The van der Waals surface area contributed by atoms with E-state index in [0.717, 1.165) is 6.26 Å². The maximum absolute atomic E-state index is 11.9. The molecular weight excluding hydrogens is 240 g/mol. The van der Waals surface area contributed by atoms with Crippen LogP contribution < -0.4 is 10.6 Å². The van der Waals surface area contributed by atoms with E-state index in [9.17, 15) is 13.2 Å². The molecular formula is C11H16N2O3S. The number of amides is 1. The summed E-state index contributed by atoms with van der Waals surface area (Å²) in [6, 6.07) is 6.81. The summed E-state index contributed by atoms with van der Waals surface area (Å²) in [4.78, 5) is 13.2. The number of anilines is 2. The fourth-order valence-electron chi connectivity index (χ4n) is 1.37.